The molecule has 0 bridgehead atoms. The number of hydrogen-bond donors (Lipinski definition) is 1. The van der Waals surface area contributed by atoms with Crippen molar-refractivity contribution in [1.29, 1.82) is 0 Å². The van der Waals surface area contributed by atoms with E-state index in [0.29, 0.717) is 0 Å². The summed E-state index contributed by atoms with van der Waals surface area (Å²) in [6, 6.07) is 0. The van der Waals surface area contributed by atoms with Gasteiger partial charge < -0.3 is 5.11 Å². The van der Waals surface area contributed by atoms with Crippen LogP contribution < -0.4 is 0 Å². The number of hydrogen-bond acceptors (Lipinski definition) is 3. The molecule has 0 aliphatic heterocycles. The van der Waals surface area contributed by atoms with E-state index < -0.39 is 0 Å². The van der Waals surface area contributed by atoms with Crippen molar-refractivity contribution in [3.05, 3.63) is 16.6 Å². The van der Waals surface area contributed by atoms with Crippen molar-refractivity contribution in [3.63, 3.8) is 0 Å². The number of aliphatic hydroxyl groups excluding tert-OH is 1. The summed E-state index contributed by atoms with van der Waals surface area (Å²) in [5.74, 6) is 0.721. The van der Waals surface area contributed by atoms with Gasteiger partial charge in [-0.2, -0.15) is 0 Å². The SMILES string of the molecule is CC(CO)(Cc1cscn1)C1CC1. The fourth-order valence-corrected chi connectivity index (χ4v) is 2.41. The van der Waals surface area contributed by atoms with E-state index in [1.54, 1.807) is 11.3 Å². The van der Waals surface area contributed by atoms with Crippen LogP contribution in [0.4, 0.5) is 0 Å². The lowest BCUT2D eigenvalue weighted by atomic mass is 9.81. The Hall–Kier alpha value is -0.410. The summed E-state index contributed by atoms with van der Waals surface area (Å²) in [7, 11) is 0. The average molecular weight is 197 g/mol. The van der Waals surface area contributed by atoms with Gasteiger partial charge in [0.2, 0.25) is 0 Å². The predicted molar refractivity (Wildman–Crippen MR) is 53.7 cm³/mol. The topological polar surface area (TPSA) is 33.1 Å². The molecule has 3 heteroatoms. The molecule has 2 nitrogen and oxygen atoms in total. The Morgan fingerprint density at radius 1 is 1.69 bits per heavy atom. The van der Waals surface area contributed by atoms with Crippen LogP contribution in [-0.4, -0.2) is 16.7 Å². The number of rotatable bonds is 4. The lowest BCUT2D eigenvalue weighted by molar-refractivity contribution is 0.119. The second-order valence-corrected chi connectivity index (χ2v) is 4.96. The molecule has 0 saturated heterocycles. The second-order valence-electron chi connectivity index (χ2n) is 4.24. The Labute approximate surface area is 82.6 Å². The number of aliphatic hydroxyl groups is 1. The van der Waals surface area contributed by atoms with Gasteiger partial charge in [0.15, 0.2) is 0 Å². The summed E-state index contributed by atoms with van der Waals surface area (Å²) in [5.41, 5.74) is 3.07. The average Bonchev–Trinajstić information content (AvgIpc) is 2.88. The summed E-state index contributed by atoms with van der Waals surface area (Å²) in [6.07, 6.45) is 3.49. The minimum Gasteiger partial charge on any atom is -0.396 e. The normalized spacial score (nSPS) is 21.4. The quantitative estimate of drug-likeness (QED) is 0.801. The predicted octanol–water partition coefficient (Wildman–Crippen LogP) is 2.09. The van der Waals surface area contributed by atoms with Gasteiger partial charge in [0.25, 0.3) is 0 Å². The van der Waals surface area contributed by atoms with Crippen LogP contribution in [0.15, 0.2) is 10.9 Å². The van der Waals surface area contributed by atoms with Gasteiger partial charge in [-0.05, 0) is 30.6 Å². The number of aromatic nitrogens is 1. The molecular weight excluding hydrogens is 182 g/mol. The molecule has 1 saturated carbocycles. The molecule has 72 valence electrons. The molecule has 0 spiro atoms. The Morgan fingerprint density at radius 3 is 2.92 bits per heavy atom. The number of nitrogens with zero attached hydrogens (tertiary/aromatic N) is 1. The third-order valence-electron chi connectivity index (χ3n) is 2.99. The maximum Gasteiger partial charge on any atom is 0.0794 e. The highest BCUT2D eigenvalue weighted by Gasteiger charge is 2.41. The van der Waals surface area contributed by atoms with Crippen molar-refractivity contribution in [2.75, 3.05) is 6.61 Å². The summed E-state index contributed by atoms with van der Waals surface area (Å²) in [6.45, 7) is 2.46. The number of thiazole rings is 1. The summed E-state index contributed by atoms with van der Waals surface area (Å²) in [5, 5.41) is 11.4. The van der Waals surface area contributed by atoms with Gasteiger partial charge in [-0.15, -0.1) is 11.3 Å². The highest BCUT2D eigenvalue weighted by molar-refractivity contribution is 7.07. The van der Waals surface area contributed by atoms with Crippen LogP contribution in [0, 0.1) is 11.3 Å². The highest BCUT2D eigenvalue weighted by atomic mass is 32.1. The van der Waals surface area contributed by atoms with Crippen molar-refractivity contribution >= 4 is 11.3 Å². The molecule has 0 amide bonds. The minimum absolute atomic E-state index is 0.0775. The first-order valence-electron chi connectivity index (χ1n) is 4.72. The molecular formula is C10H15NOS. The fourth-order valence-electron chi connectivity index (χ4n) is 1.85. The lowest BCUT2D eigenvalue weighted by Gasteiger charge is -2.26. The van der Waals surface area contributed by atoms with Gasteiger partial charge in [-0.25, -0.2) is 4.98 Å². The smallest absolute Gasteiger partial charge is 0.0794 e. The monoisotopic (exact) mass is 197 g/mol. The van der Waals surface area contributed by atoms with E-state index in [1.807, 2.05) is 5.51 Å². The lowest BCUT2D eigenvalue weighted by Crippen LogP contribution is -2.26. The van der Waals surface area contributed by atoms with Crippen molar-refractivity contribution in [1.82, 2.24) is 4.98 Å². The zero-order chi connectivity index (χ0) is 9.31. The zero-order valence-electron chi connectivity index (χ0n) is 7.86. The molecule has 13 heavy (non-hydrogen) atoms. The van der Waals surface area contributed by atoms with Crippen LogP contribution >= 0.6 is 11.3 Å². The van der Waals surface area contributed by atoms with Crippen molar-refractivity contribution in [2.24, 2.45) is 11.3 Å². The van der Waals surface area contributed by atoms with Gasteiger partial charge in [0.05, 0.1) is 11.2 Å². The highest BCUT2D eigenvalue weighted by Crippen LogP contribution is 2.46. The summed E-state index contributed by atoms with van der Waals surface area (Å²) in [4.78, 5) is 4.27. The van der Waals surface area contributed by atoms with E-state index in [1.165, 1.54) is 12.8 Å². The van der Waals surface area contributed by atoms with Gasteiger partial charge in [-0.3, -0.25) is 0 Å². The third-order valence-corrected chi connectivity index (χ3v) is 3.63. The standard InChI is InChI=1S/C10H15NOS/c1-10(6-12,8-2-3-8)4-9-5-13-7-11-9/h5,7-8,12H,2-4,6H2,1H3. The largest absolute Gasteiger partial charge is 0.396 e. The molecule has 1 aromatic rings. The molecule has 1 N–H and O–H groups in total. The maximum atomic E-state index is 9.37. The van der Waals surface area contributed by atoms with Crippen LogP contribution in [0.2, 0.25) is 0 Å². The van der Waals surface area contributed by atoms with Crippen LogP contribution in [0.3, 0.4) is 0 Å². The van der Waals surface area contributed by atoms with Crippen LogP contribution in [0.25, 0.3) is 0 Å². The van der Waals surface area contributed by atoms with Crippen molar-refractivity contribution in [3.8, 4) is 0 Å². The maximum absolute atomic E-state index is 9.37. The summed E-state index contributed by atoms with van der Waals surface area (Å²) >= 11 is 1.63. The molecule has 1 aliphatic rings. The van der Waals surface area contributed by atoms with Crippen LogP contribution in [0.5, 0.6) is 0 Å². The van der Waals surface area contributed by atoms with Gasteiger partial charge in [-0.1, -0.05) is 6.92 Å². The molecule has 1 aromatic heterocycles. The Bertz CT molecular complexity index is 268. The Kier molecular flexibility index (Phi) is 2.39. The molecule has 1 atom stereocenters. The molecule has 1 heterocycles. The van der Waals surface area contributed by atoms with Crippen LogP contribution in [-0.2, 0) is 6.42 Å². The van der Waals surface area contributed by atoms with Gasteiger partial charge in [0, 0.05) is 12.0 Å². The molecule has 1 unspecified atom stereocenters. The fraction of sp³-hybridized carbons (Fsp3) is 0.700. The molecule has 1 fully saturated rings. The molecule has 1 aliphatic carbocycles. The van der Waals surface area contributed by atoms with E-state index >= 15 is 0 Å². The first-order chi connectivity index (χ1) is 6.24. The van der Waals surface area contributed by atoms with Gasteiger partial charge >= 0.3 is 0 Å². The van der Waals surface area contributed by atoms with Gasteiger partial charge in [0.1, 0.15) is 0 Å². The molecule has 0 aromatic carbocycles. The van der Waals surface area contributed by atoms with Crippen molar-refractivity contribution in [2.45, 2.75) is 26.2 Å². The zero-order valence-corrected chi connectivity index (χ0v) is 8.68. The first kappa shape index (κ1) is 9.16. The van der Waals surface area contributed by atoms with E-state index in [9.17, 15) is 5.11 Å². The van der Waals surface area contributed by atoms with Crippen LogP contribution in [0.1, 0.15) is 25.5 Å². The first-order valence-corrected chi connectivity index (χ1v) is 5.67. The van der Waals surface area contributed by atoms with E-state index in [2.05, 4.69) is 17.3 Å². The molecule has 2 rings (SSSR count). The van der Waals surface area contributed by atoms with E-state index in [4.69, 9.17) is 0 Å². The summed E-state index contributed by atoms with van der Waals surface area (Å²) < 4.78 is 0. The third kappa shape index (κ3) is 1.92. The van der Waals surface area contributed by atoms with E-state index in [0.717, 1.165) is 18.0 Å². The van der Waals surface area contributed by atoms with E-state index in [-0.39, 0.29) is 12.0 Å². The minimum atomic E-state index is 0.0775. The molecule has 0 radical (unpaired) electrons. The Morgan fingerprint density at radius 2 is 2.46 bits per heavy atom. The second kappa shape index (κ2) is 3.39. The Balaban J connectivity index is 2.05. The van der Waals surface area contributed by atoms with Crippen molar-refractivity contribution < 1.29 is 5.11 Å².